The summed E-state index contributed by atoms with van der Waals surface area (Å²) in [6.45, 7) is 0. The second-order valence-electron chi connectivity index (χ2n) is 2.26. The number of rotatable bonds is 1. The molecule has 7 heteroatoms. The lowest BCUT2D eigenvalue weighted by Crippen LogP contribution is -2.02. The van der Waals surface area contributed by atoms with Gasteiger partial charge in [-0.2, -0.15) is 0 Å². The molecule has 0 fully saturated rings. The van der Waals surface area contributed by atoms with Crippen molar-refractivity contribution in [2.24, 2.45) is 4.99 Å². The van der Waals surface area contributed by atoms with Crippen LogP contribution in [0.1, 0.15) is 0 Å². The van der Waals surface area contributed by atoms with Gasteiger partial charge in [0.05, 0.1) is 16.3 Å². The third kappa shape index (κ3) is 4.20. The summed E-state index contributed by atoms with van der Waals surface area (Å²) in [5.74, 6) is 0.252. The average molecular weight is 292 g/mol. The number of nitrogens with zero attached hydrogens (tertiary/aromatic N) is 2. The molecule has 0 bridgehead atoms. The Hall–Kier alpha value is 0.270. The minimum Gasteiger partial charge on any atom is -0.236 e. The fraction of sp³-hybridized carbons (Fsp3) is 0.143. The van der Waals surface area contributed by atoms with E-state index in [1.54, 1.807) is 0 Å². The van der Waals surface area contributed by atoms with E-state index in [2.05, 4.69) is 9.98 Å². The Morgan fingerprint density at radius 1 is 1.29 bits per heavy atom. The lowest BCUT2D eigenvalue weighted by Gasteiger charge is -2.02. The highest BCUT2D eigenvalue weighted by molar-refractivity contribution is 6.74. The van der Waals surface area contributed by atoms with Gasteiger partial charge in [-0.05, 0) is 6.07 Å². The number of hydrogen-bond acceptors (Lipinski definition) is 2. The van der Waals surface area contributed by atoms with Gasteiger partial charge in [0.15, 0.2) is 5.82 Å². The van der Waals surface area contributed by atoms with Crippen molar-refractivity contribution in [2.75, 3.05) is 0 Å². The van der Waals surface area contributed by atoms with Crippen LogP contribution in [-0.2, 0) is 0 Å². The quantitative estimate of drug-likeness (QED) is 0.554. The highest BCUT2D eigenvalue weighted by Gasteiger charge is 2.15. The van der Waals surface area contributed by atoms with Gasteiger partial charge in [0.2, 0.25) is 3.79 Å². The molecule has 76 valence electrons. The number of alkyl halides is 3. The van der Waals surface area contributed by atoms with E-state index in [1.165, 1.54) is 12.3 Å². The van der Waals surface area contributed by atoms with Crippen molar-refractivity contribution in [3.63, 3.8) is 0 Å². The van der Waals surface area contributed by atoms with Crippen molar-refractivity contribution in [1.29, 1.82) is 0 Å². The van der Waals surface area contributed by atoms with Crippen LogP contribution < -0.4 is 0 Å². The second-order valence-corrected chi connectivity index (χ2v) is 5.47. The van der Waals surface area contributed by atoms with Crippen molar-refractivity contribution in [3.05, 3.63) is 22.3 Å². The molecule has 0 spiro atoms. The zero-order valence-electron chi connectivity index (χ0n) is 6.52. The average Bonchev–Trinajstić information content (AvgIpc) is 2.00. The van der Waals surface area contributed by atoms with Crippen molar-refractivity contribution < 1.29 is 0 Å². The van der Waals surface area contributed by atoms with E-state index in [0.717, 1.165) is 6.21 Å². The fourth-order valence-corrected chi connectivity index (χ4v) is 1.21. The van der Waals surface area contributed by atoms with Gasteiger partial charge in [-0.3, -0.25) is 0 Å². The highest BCUT2D eigenvalue weighted by atomic mass is 35.6. The lowest BCUT2D eigenvalue weighted by atomic mass is 10.4. The molecule has 0 atom stereocenters. The second kappa shape index (κ2) is 4.86. The summed E-state index contributed by atoms with van der Waals surface area (Å²) >= 11 is 27.8. The summed E-state index contributed by atoms with van der Waals surface area (Å²) in [7, 11) is 0. The molecule has 0 saturated carbocycles. The molecule has 0 unspecified atom stereocenters. The maximum Gasteiger partial charge on any atom is 0.225 e. The van der Waals surface area contributed by atoms with Gasteiger partial charge < -0.3 is 0 Å². The minimum atomic E-state index is -1.56. The first-order valence-corrected chi connectivity index (χ1v) is 5.20. The highest BCUT2D eigenvalue weighted by Crippen LogP contribution is 2.28. The number of pyridine rings is 1. The Morgan fingerprint density at radius 2 is 1.93 bits per heavy atom. The summed E-state index contributed by atoms with van der Waals surface area (Å²) in [5.41, 5.74) is 0. The molecule has 14 heavy (non-hydrogen) atoms. The summed E-state index contributed by atoms with van der Waals surface area (Å²) < 4.78 is -1.56. The van der Waals surface area contributed by atoms with Gasteiger partial charge in [-0.25, -0.2) is 9.98 Å². The lowest BCUT2D eigenvalue weighted by molar-refractivity contribution is 1.27. The molecule has 0 N–H and O–H groups in total. The largest absolute Gasteiger partial charge is 0.236 e. The van der Waals surface area contributed by atoms with Crippen LogP contribution in [0.4, 0.5) is 5.82 Å². The summed E-state index contributed by atoms with van der Waals surface area (Å²) in [6, 6.07) is 1.50. The van der Waals surface area contributed by atoms with Crippen LogP contribution >= 0.6 is 58.0 Å². The van der Waals surface area contributed by atoms with Gasteiger partial charge in [0.25, 0.3) is 0 Å². The van der Waals surface area contributed by atoms with Crippen molar-refractivity contribution in [1.82, 2.24) is 4.98 Å². The standard InChI is InChI=1S/C7H3Cl5N2/c8-4-1-5(9)6(13-2-4)14-3-7(10,11)12/h1-3H. The zero-order valence-corrected chi connectivity index (χ0v) is 10.3. The maximum absolute atomic E-state index is 5.77. The SMILES string of the molecule is Clc1cnc(N=CC(Cl)(Cl)Cl)c(Cl)c1. The van der Waals surface area contributed by atoms with Gasteiger partial charge in [-0.15, -0.1) is 0 Å². The normalized spacial score (nSPS) is 12.4. The van der Waals surface area contributed by atoms with Crippen LogP contribution in [0.25, 0.3) is 0 Å². The molecule has 1 aromatic heterocycles. The predicted molar refractivity (Wildman–Crippen MR) is 62.7 cm³/mol. The molecule has 0 amide bonds. The topological polar surface area (TPSA) is 25.2 Å². The summed E-state index contributed by atoms with van der Waals surface area (Å²) in [5, 5.41) is 0.714. The third-order valence-corrected chi connectivity index (χ3v) is 1.90. The van der Waals surface area contributed by atoms with Crippen molar-refractivity contribution in [2.45, 2.75) is 3.79 Å². The maximum atomic E-state index is 5.77. The van der Waals surface area contributed by atoms with E-state index in [9.17, 15) is 0 Å². The molecular formula is C7H3Cl5N2. The van der Waals surface area contributed by atoms with Crippen LogP contribution in [-0.4, -0.2) is 15.0 Å². The molecule has 1 aromatic rings. The third-order valence-electron chi connectivity index (χ3n) is 1.12. The monoisotopic (exact) mass is 290 g/mol. The van der Waals surface area contributed by atoms with E-state index in [-0.39, 0.29) is 5.82 Å². The molecule has 2 nitrogen and oxygen atoms in total. The summed E-state index contributed by atoms with van der Waals surface area (Å²) in [6.07, 6.45) is 2.51. The fourth-order valence-electron chi connectivity index (χ4n) is 0.637. The van der Waals surface area contributed by atoms with Crippen LogP contribution in [0.3, 0.4) is 0 Å². The number of aromatic nitrogens is 1. The first kappa shape index (κ1) is 12.3. The molecule has 1 rings (SSSR count). The molecule has 0 aliphatic rings. The van der Waals surface area contributed by atoms with Crippen LogP contribution in [0, 0.1) is 0 Å². The first-order valence-electron chi connectivity index (χ1n) is 3.31. The number of halogens is 5. The molecular weight excluding hydrogens is 289 g/mol. The van der Waals surface area contributed by atoms with Crippen LogP contribution in [0.2, 0.25) is 10.0 Å². The van der Waals surface area contributed by atoms with Gasteiger partial charge >= 0.3 is 0 Å². The zero-order chi connectivity index (χ0) is 10.8. The van der Waals surface area contributed by atoms with E-state index in [1.807, 2.05) is 0 Å². The van der Waals surface area contributed by atoms with Crippen molar-refractivity contribution in [3.8, 4) is 0 Å². The van der Waals surface area contributed by atoms with E-state index in [0.29, 0.717) is 10.0 Å². The van der Waals surface area contributed by atoms with Gasteiger partial charge in [-0.1, -0.05) is 58.0 Å². The Labute approximate surface area is 106 Å². The van der Waals surface area contributed by atoms with Gasteiger partial charge in [0.1, 0.15) is 0 Å². The predicted octanol–water partition coefficient (Wildman–Crippen LogP) is 4.46. The molecule has 0 aromatic carbocycles. The first-order chi connectivity index (χ1) is 6.38. The van der Waals surface area contributed by atoms with Crippen LogP contribution in [0.15, 0.2) is 17.3 Å². The van der Waals surface area contributed by atoms with Crippen molar-refractivity contribution >= 4 is 70.0 Å². The molecule has 0 aliphatic carbocycles. The number of hydrogen-bond donors (Lipinski definition) is 0. The Kier molecular flexibility index (Phi) is 4.29. The molecule has 0 saturated heterocycles. The number of aliphatic imine (C=N–C) groups is 1. The van der Waals surface area contributed by atoms with Crippen LogP contribution in [0.5, 0.6) is 0 Å². The Balaban J connectivity index is 2.93. The Bertz CT molecular complexity index is 358. The minimum absolute atomic E-state index is 0.252. The Morgan fingerprint density at radius 3 is 2.43 bits per heavy atom. The molecule has 0 radical (unpaired) electrons. The van der Waals surface area contributed by atoms with E-state index < -0.39 is 3.79 Å². The van der Waals surface area contributed by atoms with Gasteiger partial charge in [0, 0.05) is 6.20 Å². The molecule has 0 aliphatic heterocycles. The van der Waals surface area contributed by atoms with E-state index >= 15 is 0 Å². The van der Waals surface area contributed by atoms with E-state index in [4.69, 9.17) is 58.0 Å². The molecule has 1 heterocycles. The summed E-state index contributed by atoms with van der Waals surface area (Å²) in [4.78, 5) is 7.64. The smallest absolute Gasteiger partial charge is 0.225 e.